The third kappa shape index (κ3) is 1.64. The van der Waals surface area contributed by atoms with Gasteiger partial charge in [-0.1, -0.05) is 19.9 Å². The molecule has 1 N–H and O–H groups in total. The predicted molar refractivity (Wildman–Crippen MR) is 42.3 cm³/mol. The number of hydrogen-bond donors (Lipinski definition) is 1. The first-order valence-corrected chi connectivity index (χ1v) is 3.61. The standard InChI is InChI=1S/C9H11O2/c1-6(2)7-3-4-8(10)9(11)5-7/h3-6,11H,1-2H3. The van der Waals surface area contributed by atoms with Gasteiger partial charge in [0.05, 0.1) is 0 Å². The fraction of sp³-hybridized carbons (Fsp3) is 0.333. The van der Waals surface area contributed by atoms with E-state index in [2.05, 4.69) is 0 Å². The Hall–Kier alpha value is -1.18. The van der Waals surface area contributed by atoms with Crippen molar-refractivity contribution in [3.8, 4) is 11.5 Å². The minimum atomic E-state index is -0.311. The minimum Gasteiger partial charge on any atom is -0.504 e. The molecule has 0 amide bonds. The monoisotopic (exact) mass is 151 g/mol. The maximum Gasteiger partial charge on any atom is 0.220 e. The highest BCUT2D eigenvalue weighted by Crippen LogP contribution is 2.28. The van der Waals surface area contributed by atoms with Crippen molar-refractivity contribution in [1.29, 1.82) is 0 Å². The number of hydrogen-bond acceptors (Lipinski definition) is 1. The van der Waals surface area contributed by atoms with Crippen LogP contribution in [-0.4, -0.2) is 5.11 Å². The fourth-order valence-electron chi connectivity index (χ4n) is 0.894. The van der Waals surface area contributed by atoms with Gasteiger partial charge >= 0.3 is 0 Å². The van der Waals surface area contributed by atoms with Gasteiger partial charge in [0, 0.05) is 0 Å². The lowest BCUT2D eigenvalue weighted by atomic mass is 10.0. The molecular formula is C9H11O2. The van der Waals surface area contributed by atoms with E-state index >= 15 is 0 Å². The molecule has 0 unspecified atom stereocenters. The molecule has 1 aromatic rings. The second-order valence-corrected chi connectivity index (χ2v) is 2.88. The van der Waals surface area contributed by atoms with E-state index in [0.717, 1.165) is 5.56 Å². The predicted octanol–water partition coefficient (Wildman–Crippen LogP) is 2.66. The summed E-state index contributed by atoms with van der Waals surface area (Å²) < 4.78 is 0. The zero-order valence-electron chi connectivity index (χ0n) is 6.66. The zero-order valence-corrected chi connectivity index (χ0v) is 6.66. The van der Waals surface area contributed by atoms with E-state index < -0.39 is 0 Å². The number of phenolic OH excluding ortho intramolecular Hbond substituents is 1. The largest absolute Gasteiger partial charge is 0.504 e. The fourth-order valence-corrected chi connectivity index (χ4v) is 0.894. The highest BCUT2D eigenvalue weighted by molar-refractivity contribution is 5.41. The van der Waals surface area contributed by atoms with Crippen molar-refractivity contribution in [2.75, 3.05) is 0 Å². The molecule has 1 radical (unpaired) electrons. The van der Waals surface area contributed by atoms with E-state index in [4.69, 9.17) is 5.11 Å². The number of rotatable bonds is 1. The Balaban J connectivity index is 3.05. The van der Waals surface area contributed by atoms with E-state index in [1.165, 1.54) is 12.1 Å². The number of aromatic hydroxyl groups is 1. The van der Waals surface area contributed by atoms with Crippen molar-refractivity contribution < 1.29 is 10.2 Å². The minimum absolute atomic E-state index is 0.156. The van der Waals surface area contributed by atoms with Gasteiger partial charge in [-0.25, -0.2) is 0 Å². The second-order valence-electron chi connectivity index (χ2n) is 2.88. The summed E-state index contributed by atoms with van der Waals surface area (Å²) in [6, 6.07) is 4.66. The Labute approximate surface area is 66.1 Å². The smallest absolute Gasteiger partial charge is 0.220 e. The Morgan fingerprint density at radius 3 is 2.45 bits per heavy atom. The summed E-state index contributed by atoms with van der Waals surface area (Å²) in [7, 11) is 0. The molecule has 0 aliphatic heterocycles. The summed E-state index contributed by atoms with van der Waals surface area (Å²) in [4.78, 5) is 0. The van der Waals surface area contributed by atoms with Crippen LogP contribution in [0.1, 0.15) is 25.3 Å². The van der Waals surface area contributed by atoms with E-state index in [0.29, 0.717) is 5.92 Å². The van der Waals surface area contributed by atoms with Crippen LogP contribution in [0.25, 0.3) is 0 Å². The Bertz CT molecular complexity index is 254. The molecule has 0 bridgehead atoms. The van der Waals surface area contributed by atoms with E-state index in [1.807, 2.05) is 13.8 Å². The normalized spacial score (nSPS) is 10.5. The van der Waals surface area contributed by atoms with Crippen LogP contribution in [0.15, 0.2) is 18.2 Å². The van der Waals surface area contributed by atoms with Gasteiger partial charge in [0.15, 0.2) is 5.75 Å². The number of benzene rings is 1. The molecule has 1 rings (SSSR count). The summed E-state index contributed by atoms with van der Waals surface area (Å²) in [5.41, 5.74) is 0.988. The van der Waals surface area contributed by atoms with Crippen molar-refractivity contribution in [1.82, 2.24) is 0 Å². The van der Waals surface area contributed by atoms with Gasteiger partial charge in [0.1, 0.15) is 0 Å². The highest BCUT2D eigenvalue weighted by atomic mass is 16.3. The SMILES string of the molecule is CC(C)c1ccc([O])c(O)c1. The third-order valence-corrected chi connectivity index (χ3v) is 1.65. The summed E-state index contributed by atoms with van der Waals surface area (Å²) in [6.45, 7) is 4.03. The van der Waals surface area contributed by atoms with Crippen LogP contribution in [0.4, 0.5) is 0 Å². The molecule has 0 saturated heterocycles. The van der Waals surface area contributed by atoms with Crippen molar-refractivity contribution in [2.45, 2.75) is 19.8 Å². The maximum atomic E-state index is 10.7. The molecular weight excluding hydrogens is 140 g/mol. The molecule has 11 heavy (non-hydrogen) atoms. The van der Waals surface area contributed by atoms with Crippen LogP contribution >= 0.6 is 0 Å². The molecule has 0 saturated carbocycles. The van der Waals surface area contributed by atoms with Crippen molar-refractivity contribution in [2.24, 2.45) is 0 Å². The lowest BCUT2D eigenvalue weighted by molar-refractivity contribution is 0.324. The van der Waals surface area contributed by atoms with Gasteiger partial charge in [-0.2, -0.15) is 0 Å². The molecule has 0 fully saturated rings. The molecule has 0 aliphatic carbocycles. The second kappa shape index (κ2) is 2.82. The third-order valence-electron chi connectivity index (χ3n) is 1.65. The first-order chi connectivity index (χ1) is 5.11. The summed E-state index contributed by atoms with van der Waals surface area (Å²) >= 11 is 0. The molecule has 0 atom stereocenters. The maximum absolute atomic E-state index is 10.7. The Morgan fingerprint density at radius 2 is 2.00 bits per heavy atom. The average Bonchev–Trinajstić information content (AvgIpc) is 1.94. The zero-order chi connectivity index (χ0) is 8.43. The molecule has 0 heterocycles. The van der Waals surface area contributed by atoms with E-state index in [1.54, 1.807) is 6.07 Å². The van der Waals surface area contributed by atoms with Crippen LogP contribution in [0.3, 0.4) is 0 Å². The molecule has 1 aromatic carbocycles. The first kappa shape index (κ1) is 7.92. The van der Waals surface area contributed by atoms with Gasteiger partial charge in [-0.3, -0.25) is 5.11 Å². The first-order valence-electron chi connectivity index (χ1n) is 3.61. The van der Waals surface area contributed by atoms with Crippen molar-refractivity contribution in [3.63, 3.8) is 0 Å². The van der Waals surface area contributed by atoms with Crippen LogP contribution in [0.5, 0.6) is 11.5 Å². The molecule has 2 nitrogen and oxygen atoms in total. The average molecular weight is 151 g/mol. The lowest BCUT2D eigenvalue weighted by Crippen LogP contribution is -1.85. The van der Waals surface area contributed by atoms with Crippen LogP contribution in [0.2, 0.25) is 0 Å². The summed E-state index contributed by atoms with van der Waals surface area (Å²) in [6.07, 6.45) is 0. The molecule has 59 valence electrons. The van der Waals surface area contributed by atoms with E-state index in [9.17, 15) is 5.11 Å². The van der Waals surface area contributed by atoms with Crippen LogP contribution < -0.4 is 0 Å². The summed E-state index contributed by atoms with van der Waals surface area (Å²) in [5, 5.41) is 19.8. The number of phenols is 1. The lowest BCUT2D eigenvalue weighted by Gasteiger charge is -2.04. The summed E-state index contributed by atoms with van der Waals surface area (Å²) in [5.74, 6) is -0.118. The molecule has 0 aliphatic rings. The van der Waals surface area contributed by atoms with Gasteiger partial charge in [-0.15, -0.1) is 0 Å². The molecule has 2 heteroatoms. The van der Waals surface area contributed by atoms with Gasteiger partial charge in [0.25, 0.3) is 0 Å². The highest BCUT2D eigenvalue weighted by Gasteiger charge is 2.04. The van der Waals surface area contributed by atoms with Crippen molar-refractivity contribution >= 4 is 0 Å². The molecule has 0 spiro atoms. The molecule has 0 aromatic heterocycles. The van der Waals surface area contributed by atoms with Gasteiger partial charge in [-0.05, 0) is 23.6 Å². The van der Waals surface area contributed by atoms with Crippen LogP contribution in [0, 0.1) is 0 Å². The van der Waals surface area contributed by atoms with Gasteiger partial charge in [0.2, 0.25) is 5.75 Å². The topological polar surface area (TPSA) is 40.1 Å². The Morgan fingerprint density at radius 1 is 1.36 bits per heavy atom. The van der Waals surface area contributed by atoms with Crippen LogP contribution in [-0.2, 0) is 5.11 Å². The quantitative estimate of drug-likeness (QED) is 0.658. The van der Waals surface area contributed by atoms with Crippen molar-refractivity contribution in [3.05, 3.63) is 23.8 Å². The van der Waals surface area contributed by atoms with E-state index in [-0.39, 0.29) is 11.5 Å². The van der Waals surface area contributed by atoms with Gasteiger partial charge < -0.3 is 5.11 Å². The Kier molecular flexibility index (Phi) is 2.03.